The second-order valence-corrected chi connectivity index (χ2v) is 9.27. The molecular formula is C26H29N5O3. The van der Waals surface area contributed by atoms with Crippen molar-refractivity contribution in [2.75, 3.05) is 18.6 Å². The number of benzene rings is 2. The van der Waals surface area contributed by atoms with Crippen molar-refractivity contribution in [3.8, 4) is 5.75 Å². The van der Waals surface area contributed by atoms with Crippen LogP contribution in [-0.2, 0) is 20.1 Å². The van der Waals surface area contributed by atoms with Gasteiger partial charge in [0.25, 0.3) is 5.56 Å². The van der Waals surface area contributed by atoms with Crippen LogP contribution in [-0.4, -0.2) is 32.3 Å². The summed E-state index contributed by atoms with van der Waals surface area (Å²) in [6.45, 7) is 7.79. The van der Waals surface area contributed by atoms with Crippen LogP contribution in [0, 0.1) is 19.8 Å². The molecule has 1 aliphatic rings. The molecule has 0 spiro atoms. The lowest BCUT2D eigenvalue weighted by molar-refractivity contribution is 0.414. The Bertz CT molecular complexity index is 1530. The minimum absolute atomic E-state index is 0.227. The van der Waals surface area contributed by atoms with Crippen molar-refractivity contribution in [2.24, 2.45) is 13.0 Å². The van der Waals surface area contributed by atoms with Crippen molar-refractivity contribution < 1.29 is 4.74 Å². The maximum absolute atomic E-state index is 13.7. The molecule has 0 fully saturated rings. The molecule has 176 valence electrons. The Morgan fingerprint density at radius 2 is 1.88 bits per heavy atom. The first-order valence-corrected chi connectivity index (χ1v) is 11.5. The van der Waals surface area contributed by atoms with Crippen LogP contribution in [0.25, 0.3) is 11.2 Å². The number of nitrogens with zero attached hydrogens (tertiary/aromatic N) is 5. The lowest BCUT2D eigenvalue weighted by Gasteiger charge is -2.33. The van der Waals surface area contributed by atoms with Gasteiger partial charge < -0.3 is 14.2 Å². The fourth-order valence-electron chi connectivity index (χ4n) is 4.78. The molecule has 5 rings (SSSR count). The third-order valence-electron chi connectivity index (χ3n) is 6.64. The van der Waals surface area contributed by atoms with Gasteiger partial charge in [-0.05, 0) is 43.0 Å². The molecule has 34 heavy (non-hydrogen) atoms. The number of ether oxygens (including phenoxy) is 1. The summed E-state index contributed by atoms with van der Waals surface area (Å²) in [5.41, 5.74) is 4.23. The zero-order valence-electron chi connectivity index (χ0n) is 20.2. The summed E-state index contributed by atoms with van der Waals surface area (Å²) in [6, 6.07) is 13.9. The van der Waals surface area contributed by atoms with Crippen LogP contribution in [0.1, 0.15) is 23.6 Å². The quantitative estimate of drug-likeness (QED) is 0.468. The highest BCUT2D eigenvalue weighted by molar-refractivity contribution is 5.77. The minimum Gasteiger partial charge on any atom is -0.497 e. The van der Waals surface area contributed by atoms with E-state index in [1.165, 1.54) is 9.13 Å². The SMILES string of the molecule is COc1cccc(N2C[C@H](C)Cn3c2nc2c3c(=O)n(Cc3cc(C)ccc3C)c(=O)n2C)c1. The summed E-state index contributed by atoms with van der Waals surface area (Å²) in [5, 5.41) is 0. The van der Waals surface area contributed by atoms with Crippen LogP contribution in [0.3, 0.4) is 0 Å². The second-order valence-electron chi connectivity index (χ2n) is 9.27. The van der Waals surface area contributed by atoms with Crippen LogP contribution in [0.15, 0.2) is 52.1 Å². The number of imidazole rings is 1. The molecule has 1 atom stereocenters. The molecule has 0 saturated heterocycles. The maximum Gasteiger partial charge on any atom is 0.332 e. The van der Waals surface area contributed by atoms with Crippen LogP contribution >= 0.6 is 0 Å². The fourth-order valence-corrected chi connectivity index (χ4v) is 4.78. The average molecular weight is 460 g/mol. The normalized spacial score (nSPS) is 15.6. The molecule has 0 bridgehead atoms. The van der Waals surface area contributed by atoms with Gasteiger partial charge in [0.2, 0.25) is 5.95 Å². The first-order valence-electron chi connectivity index (χ1n) is 11.5. The summed E-state index contributed by atoms with van der Waals surface area (Å²) in [5.74, 6) is 1.69. The topological polar surface area (TPSA) is 74.3 Å². The van der Waals surface area contributed by atoms with E-state index in [0.717, 1.165) is 34.7 Å². The van der Waals surface area contributed by atoms with E-state index in [9.17, 15) is 9.59 Å². The summed E-state index contributed by atoms with van der Waals surface area (Å²) in [4.78, 5) is 33.9. The Hall–Kier alpha value is -3.81. The summed E-state index contributed by atoms with van der Waals surface area (Å²) in [7, 11) is 3.32. The smallest absolute Gasteiger partial charge is 0.332 e. The van der Waals surface area contributed by atoms with Gasteiger partial charge in [0.15, 0.2) is 11.2 Å². The predicted molar refractivity (Wildman–Crippen MR) is 133 cm³/mol. The number of aromatic nitrogens is 4. The van der Waals surface area contributed by atoms with E-state index in [-0.39, 0.29) is 23.7 Å². The third kappa shape index (κ3) is 3.50. The first-order chi connectivity index (χ1) is 16.3. The van der Waals surface area contributed by atoms with E-state index in [1.54, 1.807) is 14.2 Å². The number of anilines is 2. The lowest BCUT2D eigenvalue weighted by atomic mass is 10.1. The summed E-state index contributed by atoms with van der Waals surface area (Å²) in [6.07, 6.45) is 0. The second kappa shape index (κ2) is 8.20. The van der Waals surface area contributed by atoms with Crippen LogP contribution < -0.4 is 20.9 Å². The van der Waals surface area contributed by atoms with Gasteiger partial charge in [0.1, 0.15) is 5.75 Å². The Morgan fingerprint density at radius 1 is 1.09 bits per heavy atom. The van der Waals surface area contributed by atoms with Crippen molar-refractivity contribution in [3.05, 3.63) is 80.0 Å². The average Bonchev–Trinajstić information content (AvgIpc) is 3.21. The van der Waals surface area contributed by atoms with Crippen LogP contribution in [0.5, 0.6) is 5.75 Å². The highest BCUT2D eigenvalue weighted by Crippen LogP contribution is 2.34. The van der Waals surface area contributed by atoms with Crippen molar-refractivity contribution in [1.82, 2.24) is 18.7 Å². The van der Waals surface area contributed by atoms with Crippen LogP contribution in [0.4, 0.5) is 11.6 Å². The molecule has 0 saturated carbocycles. The summed E-state index contributed by atoms with van der Waals surface area (Å²) < 4.78 is 10.2. The highest BCUT2D eigenvalue weighted by Gasteiger charge is 2.30. The van der Waals surface area contributed by atoms with Gasteiger partial charge in [-0.3, -0.25) is 13.9 Å². The van der Waals surface area contributed by atoms with Crippen LogP contribution in [0.2, 0.25) is 0 Å². The third-order valence-corrected chi connectivity index (χ3v) is 6.64. The molecule has 1 aliphatic heterocycles. The van der Waals surface area contributed by atoms with E-state index < -0.39 is 0 Å². The fraction of sp³-hybridized carbons (Fsp3) is 0.346. The predicted octanol–water partition coefficient (Wildman–Crippen LogP) is 3.36. The largest absolute Gasteiger partial charge is 0.497 e. The van der Waals surface area contributed by atoms with E-state index in [4.69, 9.17) is 9.72 Å². The summed E-state index contributed by atoms with van der Waals surface area (Å²) >= 11 is 0. The zero-order valence-corrected chi connectivity index (χ0v) is 20.2. The van der Waals surface area contributed by atoms with Gasteiger partial charge in [0.05, 0.1) is 13.7 Å². The van der Waals surface area contributed by atoms with Gasteiger partial charge in [0, 0.05) is 31.9 Å². The number of aryl methyl sites for hydroxylation is 3. The number of hydrogen-bond donors (Lipinski definition) is 0. The van der Waals surface area contributed by atoms with Gasteiger partial charge in [-0.15, -0.1) is 0 Å². The van der Waals surface area contributed by atoms with Gasteiger partial charge in [-0.2, -0.15) is 4.98 Å². The Morgan fingerprint density at radius 3 is 2.65 bits per heavy atom. The highest BCUT2D eigenvalue weighted by atomic mass is 16.5. The molecule has 0 N–H and O–H groups in total. The van der Waals surface area contributed by atoms with Gasteiger partial charge >= 0.3 is 5.69 Å². The zero-order chi connectivity index (χ0) is 24.1. The molecule has 8 nitrogen and oxygen atoms in total. The number of fused-ring (bicyclic) bond motifs is 3. The molecule has 0 radical (unpaired) electrons. The Labute approximate surface area is 197 Å². The molecule has 0 unspecified atom stereocenters. The number of hydrogen-bond acceptors (Lipinski definition) is 5. The molecule has 2 aromatic heterocycles. The van der Waals surface area contributed by atoms with Crippen molar-refractivity contribution in [1.29, 1.82) is 0 Å². The molecule has 0 amide bonds. The molecule has 3 heterocycles. The van der Waals surface area contributed by atoms with E-state index in [1.807, 2.05) is 60.9 Å². The van der Waals surface area contributed by atoms with Crippen molar-refractivity contribution in [2.45, 2.75) is 33.9 Å². The van der Waals surface area contributed by atoms with Gasteiger partial charge in [-0.25, -0.2) is 4.79 Å². The Balaban J connectivity index is 1.72. The van der Waals surface area contributed by atoms with Gasteiger partial charge in [-0.1, -0.05) is 36.8 Å². The lowest BCUT2D eigenvalue weighted by Crippen LogP contribution is -2.40. The number of methoxy groups -OCH3 is 1. The van der Waals surface area contributed by atoms with E-state index in [2.05, 4.69) is 11.8 Å². The maximum atomic E-state index is 13.7. The number of rotatable bonds is 4. The molecular weight excluding hydrogens is 430 g/mol. The molecule has 2 aromatic carbocycles. The van der Waals surface area contributed by atoms with Crippen molar-refractivity contribution >= 4 is 22.8 Å². The molecule has 4 aromatic rings. The monoisotopic (exact) mass is 459 g/mol. The minimum atomic E-state index is -0.366. The Kier molecular flexibility index (Phi) is 5.31. The van der Waals surface area contributed by atoms with E-state index >= 15 is 0 Å². The first kappa shape index (κ1) is 22.0. The standard InChI is InChI=1S/C26H29N5O3/c1-16-9-10-18(3)19(11-16)15-31-24(32)22-23(28(4)26(31)33)27-25-29(13-17(2)14-30(22)25)20-7-6-8-21(12-20)34-5/h6-12,17H,13-15H2,1-5H3/t17-/m0/s1. The molecule has 0 aliphatic carbocycles. The van der Waals surface area contributed by atoms with E-state index in [0.29, 0.717) is 23.7 Å². The van der Waals surface area contributed by atoms with Crippen molar-refractivity contribution in [3.63, 3.8) is 0 Å². The molecule has 8 heteroatoms.